The molecule has 0 aliphatic rings. The number of hydrogen-bond acceptors (Lipinski definition) is 0. The number of halogens is 20. The van der Waals surface area contributed by atoms with Gasteiger partial charge in [-0.2, -0.15) is 0 Å². The molecule has 0 aliphatic carbocycles. The number of rotatable bonds is 5. The summed E-state index contributed by atoms with van der Waals surface area (Å²) in [6.45, 7) is 0. The van der Waals surface area contributed by atoms with E-state index in [1.54, 1.807) is 0 Å². The van der Waals surface area contributed by atoms with E-state index in [4.69, 9.17) is 0 Å². The Balaban J connectivity index is 2.67. The van der Waals surface area contributed by atoms with Gasteiger partial charge in [0.1, 0.15) is 0 Å². The van der Waals surface area contributed by atoms with Crippen molar-refractivity contribution in [3.8, 4) is 0 Å². The minimum atomic E-state index is -5.70. The summed E-state index contributed by atoms with van der Waals surface area (Å²) in [6, 6.07) is 0. The summed E-state index contributed by atoms with van der Waals surface area (Å²) >= 11 is 0. The summed E-state index contributed by atoms with van der Waals surface area (Å²) < 4.78 is 298. The minimum absolute atomic E-state index is 0.603. The van der Waals surface area contributed by atoms with E-state index >= 15 is 35.1 Å². The monoisotopic (exact) mass is 758 g/mol. The van der Waals surface area contributed by atoms with E-state index in [0.717, 1.165) is 0 Å². The first-order valence-corrected chi connectivity index (χ1v) is 12.8. The second-order valence-corrected chi connectivity index (χ2v) is 11.9. The maximum Gasteiger partial charge on any atom is 0.200 e. The van der Waals surface area contributed by atoms with Crippen molar-refractivity contribution in [1.82, 2.24) is 0 Å². The van der Waals surface area contributed by atoms with Crippen LogP contribution in [0.4, 0.5) is 87.8 Å². The molecular formula is C26H4F20P2. The third-order valence-corrected chi connectivity index (χ3v) is 8.44. The molecule has 48 heavy (non-hydrogen) atoms. The topological polar surface area (TPSA) is 0 Å². The molecule has 0 amide bonds. The van der Waals surface area contributed by atoms with Crippen LogP contribution in [0.5, 0.6) is 0 Å². The molecule has 0 N–H and O–H groups in total. The third-order valence-electron chi connectivity index (χ3n) is 7.00. The predicted molar refractivity (Wildman–Crippen MR) is 126 cm³/mol. The third kappa shape index (κ3) is 4.61. The molecule has 0 spiro atoms. The Morgan fingerprint density at radius 2 is 0.333 bits per heavy atom. The van der Waals surface area contributed by atoms with Gasteiger partial charge in [0.2, 0.25) is 23.3 Å². The Labute approximate surface area is 255 Å². The van der Waals surface area contributed by atoms with Crippen LogP contribution in [0.25, 0.3) is 0 Å². The Hall–Kier alpha value is -3.66. The van der Waals surface area contributed by atoms with Crippen LogP contribution in [0, 0.1) is 116 Å². The second-order valence-electron chi connectivity index (χ2n) is 9.40. The van der Waals surface area contributed by atoms with Crippen molar-refractivity contribution in [2.24, 2.45) is 0 Å². The fraction of sp³-hybridized carbons (Fsp3) is 0.0769. The summed E-state index contributed by atoms with van der Waals surface area (Å²) in [5, 5.41) is 0. The lowest BCUT2D eigenvalue weighted by atomic mass is 9.63. The van der Waals surface area contributed by atoms with E-state index in [2.05, 4.69) is 0 Å². The normalized spacial score (nSPS) is 12.4. The van der Waals surface area contributed by atoms with Gasteiger partial charge in [0, 0.05) is 27.2 Å². The maximum atomic E-state index is 15.7. The van der Waals surface area contributed by atoms with Gasteiger partial charge in [-0.25, -0.2) is 87.8 Å². The summed E-state index contributed by atoms with van der Waals surface area (Å²) in [5.74, 6) is -68.3. The standard InChI is InChI=1S/C26H4F20P2/c27-5-1(6(28)14(36)21(43)13(5)35)25(2-7(29)15(37)22(44)16(38)8(2)30,3-9(31)17(39)23(45)18(40)10(3)32)26(47,48)4-11(33)19(41)24(46)20(42)12(4)34/h47-48H2. The van der Waals surface area contributed by atoms with Crippen LogP contribution < -0.4 is 0 Å². The fourth-order valence-electron chi connectivity index (χ4n) is 4.95. The molecule has 0 fully saturated rings. The van der Waals surface area contributed by atoms with Crippen molar-refractivity contribution >= 4 is 18.5 Å². The van der Waals surface area contributed by atoms with Crippen molar-refractivity contribution in [2.45, 2.75) is 10.3 Å². The van der Waals surface area contributed by atoms with E-state index < -0.39 is 149 Å². The summed E-state index contributed by atoms with van der Waals surface area (Å²) in [7, 11) is 1.21. The molecule has 0 aromatic heterocycles. The highest BCUT2D eigenvalue weighted by atomic mass is 31.1. The van der Waals surface area contributed by atoms with Gasteiger partial charge in [0.05, 0.1) is 5.41 Å². The molecule has 0 heterocycles. The van der Waals surface area contributed by atoms with Crippen LogP contribution in [0.1, 0.15) is 22.3 Å². The molecule has 2 unspecified atom stereocenters. The fourth-order valence-corrected chi connectivity index (χ4v) is 6.33. The Morgan fingerprint density at radius 3 is 0.500 bits per heavy atom. The van der Waals surface area contributed by atoms with Crippen molar-refractivity contribution in [3.63, 3.8) is 0 Å². The highest BCUT2D eigenvalue weighted by Crippen LogP contribution is 2.65. The average Bonchev–Trinajstić information content (AvgIpc) is 3.04. The quantitative estimate of drug-likeness (QED) is 0.0626. The van der Waals surface area contributed by atoms with Gasteiger partial charge in [0.25, 0.3) is 0 Å². The first kappa shape index (κ1) is 37.2. The minimum Gasteiger partial charge on any atom is -0.203 e. The molecule has 4 aromatic carbocycles. The van der Waals surface area contributed by atoms with Crippen LogP contribution in [0.15, 0.2) is 0 Å². The molecule has 4 rings (SSSR count). The summed E-state index contributed by atoms with van der Waals surface area (Å²) in [6.07, 6.45) is 0. The van der Waals surface area contributed by atoms with E-state index in [1.165, 1.54) is 0 Å². The van der Waals surface area contributed by atoms with Crippen LogP contribution in [0.3, 0.4) is 0 Å². The van der Waals surface area contributed by atoms with E-state index in [0.29, 0.717) is 18.5 Å². The zero-order chi connectivity index (χ0) is 36.9. The van der Waals surface area contributed by atoms with Crippen LogP contribution in [-0.4, -0.2) is 0 Å². The molecule has 2 atom stereocenters. The first-order chi connectivity index (χ1) is 22.0. The van der Waals surface area contributed by atoms with Crippen molar-refractivity contribution in [1.29, 1.82) is 0 Å². The van der Waals surface area contributed by atoms with Gasteiger partial charge in [-0.05, 0) is 0 Å². The highest BCUT2D eigenvalue weighted by Gasteiger charge is 2.63. The van der Waals surface area contributed by atoms with Crippen LogP contribution in [-0.2, 0) is 10.3 Å². The number of benzene rings is 4. The van der Waals surface area contributed by atoms with Crippen molar-refractivity contribution < 1.29 is 87.8 Å². The van der Waals surface area contributed by atoms with Gasteiger partial charge < -0.3 is 0 Å². The molecule has 0 saturated carbocycles. The maximum absolute atomic E-state index is 15.7. The second kappa shape index (κ2) is 12.0. The number of hydrogen-bond donors (Lipinski definition) is 0. The van der Waals surface area contributed by atoms with E-state index in [-0.39, 0.29) is 0 Å². The average molecular weight is 758 g/mol. The lowest BCUT2D eigenvalue weighted by molar-refractivity contribution is 0.301. The van der Waals surface area contributed by atoms with Gasteiger partial charge >= 0.3 is 0 Å². The lowest BCUT2D eigenvalue weighted by Gasteiger charge is -2.48. The van der Waals surface area contributed by atoms with Gasteiger partial charge in [-0.15, -0.1) is 18.5 Å². The molecule has 22 heteroatoms. The zero-order valence-electron chi connectivity index (χ0n) is 21.7. The Kier molecular flexibility index (Phi) is 9.32. The van der Waals surface area contributed by atoms with Crippen LogP contribution >= 0.6 is 18.5 Å². The molecule has 0 aliphatic heterocycles. The van der Waals surface area contributed by atoms with Crippen molar-refractivity contribution in [2.75, 3.05) is 0 Å². The van der Waals surface area contributed by atoms with Gasteiger partial charge in [-0.1, -0.05) is 0 Å². The molecule has 0 bridgehead atoms. The summed E-state index contributed by atoms with van der Waals surface area (Å²) in [4.78, 5) is -4.72. The largest absolute Gasteiger partial charge is 0.203 e. The molecule has 0 radical (unpaired) electrons. The predicted octanol–water partition coefficient (Wildman–Crippen LogP) is 9.41. The van der Waals surface area contributed by atoms with E-state index in [9.17, 15) is 52.7 Å². The summed E-state index contributed by atoms with van der Waals surface area (Å²) in [5.41, 5.74) is -18.8. The first-order valence-electron chi connectivity index (χ1n) is 11.6. The lowest BCUT2D eigenvalue weighted by Crippen LogP contribution is -2.50. The molecular weight excluding hydrogens is 754 g/mol. The molecule has 0 saturated heterocycles. The highest BCUT2D eigenvalue weighted by molar-refractivity contribution is 7.39. The molecule has 258 valence electrons. The molecule has 0 nitrogen and oxygen atoms in total. The van der Waals surface area contributed by atoms with Gasteiger partial charge in [-0.3, -0.25) is 0 Å². The van der Waals surface area contributed by atoms with Crippen LogP contribution in [0.2, 0.25) is 0 Å². The van der Waals surface area contributed by atoms with E-state index in [1.807, 2.05) is 0 Å². The van der Waals surface area contributed by atoms with Gasteiger partial charge in [0.15, 0.2) is 93.1 Å². The Bertz CT molecular complexity index is 1790. The zero-order valence-corrected chi connectivity index (χ0v) is 24.0. The molecule has 4 aromatic rings. The SMILES string of the molecule is Fc1c(F)c(F)c(C(P)(P)C(c2c(F)c(F)c(F)c(F)c2F)(c2c(F)c(F)c(F)c(F)c2F)c2c(F)c(F)c(F)c(F)c2F)c(F)c1F. The Morgan fingerprint density at radius 1 is 0.208 bits per heavy atom. The van der Waals surface area contributed by atoms with Crippen molar-refractivity contribution in [3.05, 3.63) is 139 Å². The smallest absolute Gasteiger partial charge is 0.200 e.